The van der Waals surface area contributed by atoms with Gasteiger partial charge in [-0.2, -0.15) is 0 Å². The van der Waals surface area contributed by atoms with Crippen molar-refractivity contribution in [2.24, 2.45) is 0 Å². The Bertz CT molecular complexity index is 334. The topological polar surface area (TPSA) is 68.2 Å². The summed E-state index contributed by atoms with van der Waals surface area (Å²) in [5.74, 6) is 0. The summed E-state index contributed by atoms with van der Waals surface area (Å²) in [4.78, 5) is 13.7. The van der Waals surface area contributed by atoms with Gasteiger partial charge in [0.2, 0.25) is 0 Å². The highest BCUT2D eigenvalue weighted by atomic mass is 16.6. The summed E-state index contributed by atoms with van der Waals surface area (Å²) in [5.41, 5.74) is -0.951. The second-order valence-corrected chi connectivity index (χ2v) is 6.26. The van der Waals surface area contributed by atoms with Crippen molar-refractivity contribution in [2.75, 3.05) is 32.9 Å². The normalized spacial score (nSPS) is 31.8. The Morgan fingerprint density at radius 2 is 2.21 bits per heavy atom. The minimum absolute atomic E-state index is 0.116. The number of carbonyl (C=O) groups is 1. The number of aliphatic hydroxyl groups is 1. The number of amides is 1. The molecule has 0 aromatic carbocycles. The molecule has 1 amide bonds. The predicted octanol–water partition coefficient (Wildman–Crippen LogP) is 0.774. The van der Waals surface area contributed by atoms with Crippen LogP contribution >= 0.6 is 0 Å². The highest BCUT2D eigenvalue weighted by Crippen LogP contribution is 2.31. The van der Waals surface area contributed by atoms with Crippen LogP contribution in [0.2, 0.25) is 0 Å². The van der Waals surface area contributed by atoms with Crippen LogP contribution in [0.3, 0.4) is 0 Å². The van der Waals surface area contributed by atoms with Gasteiger partial charge in [0, 0.05) is 6.42 Å². The number of ether oxygens (including phenoxy) is 3. The lowest BCUT2D eigenvalue weighted by Gasteiger charge is -2.42. The molecule has 2 atom stereocenters. The molecular weight excluding hydrogens is 250 g/mol. The quantitative estimate of drug-likeness (QED) is 0.764. The highest BCUT2D eigenvalue weighted by molar-refractivity contribution is 5.68. The summed E-state index contributed by atoms with van der Waals surface area (Å²) in [6.45, 7) is 7.27. The van der Waals surface area contributed by atoms with E-state index in [1.54, 1.807) is 4.90 Å². The van der Waals surface area contributed by atoms with Gasteiger partial charge in [-0.05, 0) is 20.8 Å². The second kappa shape index (κ2) is 5.26. The van der Waals surface area contributed by atoms with Crippen LogP contribution in [-0.2, 0) is 14.2 Å². The van der Waals surface area contributed by atoms with Gasteiger partial charge in [0.25, 0.3) is 0 Å². The van der Waals surface area contributed by atoms with Crippen molar-refractivity contribution in [1.82, 2.24) is 4.90 Å². The van der Waals surface area contributed by atoms with Crippen molar-refractivity contribution in [3.63, 3.8) is 0 Å². The third kappa shape index (κ3) is 3.58. The fraction of sp³-hybridized carbons (Fsp3) is 0.923. The number of hydrogen-bond acceptors (Lipinski definition) is 5. The lowest BCUT2D eigenvalue weighted by molar-refractivity contribution is -0.182. The molecule has 6 nitrogen and oxygen atoms in total. The van der Waals surface area contributed by atoms with Crippen LogP contribution in [-0.4, -0.2) is 66.3 Å². The summed E-state index contributed by atoms with van der Waals surface area (Å²) < 4.78 is 16.6. The van der Waals surface area contributed by atoms with Crippen LogP contribution in [0.15, 0.2) is 0 Å². The van der Waals surface area contributed by atoms with Crippen LogP contribution in [0.5, 0.6) is 0 Å². The molecule has 1 unspecified atom stereocenters. The van der Waals surface area contributed by atoms with Crippen molar-refractivity contribution in [3.05, 3.63) is 0 Å². The Labute approximate surface area is 113 Å². The lowest BCUT2D eigenvalue weighted by Crippen LogP contribution is -2.55. The molecule has 2 saturated heterocycles. The third-order valence-electron chi connectivity index (χ3n) is 3.31. The minimum Gasteiger partial charge on any atom is -0.444 e. The highest BCUT2D eigenvalue weighted by Gasteiger charge is 2.45. The van der Waals surface area contributed by atoms with Crippen LogP contribution < -0.4 is 0 Å². The first-order valence-electron chi connectivity index (χ1n) is 6.68. The molecule has 19 heavy (non-hydrogen) atoms. The zero-order chi connectivity index (χ0) is 14.1. The number of rotatable bonds is 1. The van der Waals surface area contributed by atoms with Crippen LogP contribution in [0.25, 0.3) is 0 Å². The van der Waals surface area contributed by atoms with E-state index in [2.05, 4.69) is 0 Å². The summed E-state index contributed by atoms with van der Waals surface area (Å²) in [6, 6.07) is 0. The Morgan fingerprint density at radius 1 is 1.53 bits per heavy atom. The van der Waals surface area contributed by atoms with Crippen LogP contribution in [0.4, 0.5) is 4.79 Å². The smallest absolute Gasteiger partial charge is 0.410 e. The van der Waals surface area contributed by atoms with Gasteiger partial charge in [-0.1, -0.05) is 0 Å². The van der Waals surface area contributed by atoms with E-state index in [1.165, 1.54) is 0 Å². The third-order valence-corrected chi connectivity index (χ3v) is 3.31. The van der Waals surface area contributed by atoms with Gasteiger partial charge >= 0.3 is 6.09 Å². The molecule has 0 aromatic heterocycles. The number of nitrogens with zero attached hydrogens (tertiary/aromatic N) is 1. The summed E-state index contributed by atoms with van der Waals surface area (Å²) >= 11 is 0. The maximum Gasteiger partial charge on any atom is 0.410 e. The second-order valence-electron chi connectivity index (χ2n) is 6.26. The van der Waals surface area contributed by atoms with Crippen molar-refractivity contribution >= 4 is 6.09 Å². The van der Waals surface area contributed by atoms with Gasteiger partial charge < -0.3 is 24.2 Å². The molecule has 2 heterocycles. The molecule has 0 saturated carbocycles. The van der Waals surface area contributed by atoms with Gasteiger partial charge in [-0.25, -0.2) is 4.79 Å². The minimum atomic E-state index is -0.535. The van der Waals surface area contributed by atoms with Crippen molar-refractivity contribution in [3.8, 4) is 0 Å². The average Bonchev–Trinajstić information content (AvgIpc) is 2.45. The average molecular weight is 273 g/mol. The first-order chi connectivity index (χ1) is 8.84. The van der Waals surface area contributed by atoms with Crippen molar-refractivity contribution < 1.29 is 24.1 Å². The number of carbonyl (C=O) groups excluding carboxylic acids is 1. The molecule has 110 valence electrons. The van der Waals surface area contributed by atoms with Gasteiger partial charge in [0.15, 0.2) is 0 Å². The first-order valence-corrected chi connectivity index (χ1v) is 6.68. The van der Waals surface area contributed by atoms with E-state index in [1.807, 2.05) is 20.8 Å². The molecule has 1 N–H and O–H groups in total. The summed E-state index contributed by atoms with van der Waals surface area (Å²) in [5, 5.41) is 9.26. The molecule has 2 aliphatic heterocycles. The maximum atomic E-state index is 12.2. The fourth-order valence-corrected chi connectivity index (χ4v) is 2.23. The molecule has 2 aliphatic rings. The standard InChI is InChI=1S/C13H23NO5/c1-12(2,3)19-11(16)14-6-10(7-15)17-9-13(8-14)4-5-18-13/h10,15H,4-9H2,1-3H3/t10-,13?/m0/s1. The molecule has 2 rings (SSSR count). The monoisotopic (exact) mass is 273 g/mol. The molecule has 0 aromatic rings. The van der Waals surface area contributed by atoms with Gasteiger partial charge in [0.1, 0.15) is 11.2 Å². The van der Waals surface area contributed by atoms with E-state index < -0.39 is 11.2 Å². The Morgan fingerprint density at radius 3 is 2.68 bits per heavy atom. The van der Waals surface area contributed by atoms with Crippen molar-refractivity contribution in [2.45, 2.75) is 44.5 Å². The van der Waals surface area contributed by atoms with Gasteiger partial charge in [0.05, 0.1) is 39.0 Å². The summed E-state index contributed by atoms with van der Waals surface area (Å²) in [7, 11) is 0. The largest absolute Gasteiger partial charge is 0.444 e. The van der Waals surface area contributed by atoms with Gasteiger partial charge in [-0.3, -0.25) is 0 Å². The fourth-order valence-electron chi connectivity index (χ4n) is 2.23. The van der Waals surface area contributed by atoms with Crippen LogP contribution in [0.1, 0.15) is 27.2 Å². The number of aliphatic hydroxyl groups excluding tert-OH is 1. The van der Waals surface area contributed by atoms with E-state index in [9.17, 15) is 9.90 Å². The van der Waals surface area contributed by atoms with E-state index in [0.29, 0.717) is 26.3 Å². The zero-order valence-corrected chi connectivity index (χ0v) is 11.8. The predicted molar refractivity (Wildman–Crippen MR) is 67.9 cm³/mol. The Hall–Kier alpha value is -0.850. The molecule has 2 fully saturated rings. The Balaban J connectivity index is 2.05. The molecule has 0 aliphatic carbocycles. The molecule has 6 heteroatoms. The first kappa shape index (κ1) is 14.6. The SMILES string of the molecule is CC(C)(C)OC(=O)N1C[C@@H](CO)OCC2(CCO2)C1. The molecule has 1 spiro atoms. The lowest BCUT2D eigenvalue weighted by atomic mass is 9.95. The molecular formula is C13H23NO5. The van der Waals surface area contributed by atoms with Crippen molar-refractivity contribution in [1.29, 1.82) is 0 Å². The zero-order valence-electron chi connectivity index (χ0n) is 11.8. The maximum absolute atomic E-state index is 12.2. The van der Waals surface area contributed by atoms with E-state index in [4.69, 9.17) is 14.2 Å². The molecule has 0 radical (unpaired) electrons. The number of hydrogen-bond donors (Lipinski definition) is 1. The van der Waals surface area contributed by atoms with Gasteiger partial charge in [-0.15, -0.1) is 0 Å². The molecule has 0 bridgehead atoms. The van der Waals surface area contributed by atoms with E-state index in [-0.39, 0.29) is 18.8 Å². The van der Waals surface area contributed by atoms with E-state index >= 15 is 0 Å². The van der Waals surface area contributed by atoms with Crippen LogP contribution in [0, 0.1) is 0 Å². The van der Waals surface area contributed by atoms with E-state index in [0.717, 1.165) is 6.42 Å². The Kier molecular flexibility index (Phi) is 4.03. The summed E-state index contributed by atoms with van der Waals surface area (Å²) in [6.07, 6.45) is 0.104.